The lowest BCUT2D eigenvalue weighted by Gasteiger charge is -2.03. The molecule has 2 aromatic rings. The molecule has 0 fully saturated rings. The first kappa shape index (κ1) is 14.0. The van der Waals surface area contributed by atoms with E-state index in [-0.39, 0.29) is 28.4 Å². The fourth-order valence-corrected chi connectivity index (χ4v) is 2.06. The first-order chi connectivity index (χ1) is 9.61. The van der Waals surface area contributed by atoms with E-state index in [2.05, 4.69) is 10.2 Å². The van der Waals surface area contributed by atoms with Crippen LogP contribution in [-0.2, 0) is 4.79 Å². The molecule has 0 amide bonds. The van der Waals surface area contributed by atoms with E-state index < -0.39 is 5.92 Å². The Labute approximate surface area is 118 Å². The molecule has 0 spiro atoms. The van der Waals surface area contributed by atoms with Gasteiger partial charge in [-0.05, 0) is 19.1 Å². The van der Waals surface area contributed by atoms with E-state index in [1.807, 2.05) is 0 Å². The summed E-state index contributed by atoms with van der Waals surface area (Å²) in [7, 11) is 0. The third-order valence-corrected chi connectivity index (χ3v) is 3.20. The Kier molecular flexibility index (Phi) is 4.32. The lowest BCUT2D eigenvalue weighted by atomic mass is 10.0. The Morgan fingerprint density at radius 3 is 3.00 bits per heavy atom. The highest BCUT2D eigenvalue weighted by Gasteiger charge is 2.21. The Morgan fingerprint density at radius 2 is 2.40 bits per heavy atom. The fourth-order valence-electron chi connectivity index (χ4n) is 1.39. The molecular formula is C12H10N4O3S. The van der Waals surface area contributed by atoms with Crippen LogP contribution in [0.2, 0.25) is 0 Å². The van der Waals surface area contributed by atoms with Gasteiger partial charge in [0.1, 0.15) is 5.92 Å². The van der Waals surface area contributed by atoms with Gasteiger partial charge in [-0.2, -0.15) is 5.26 Å². The minimum Gasteiger partial charge on any atom is -0.459 e. The molecule has 1 N–H and O–H groups in total. The van der Waals surface area contributed by atoms with Gasteiger partial charge in [-0.3, -0.25) is 4.79 Å². The van der Waals surface area contributed by atoms with Crippen LogP contribution in [0, 0.1) is 22.7 Å². The number of nitriles is 1. The van der Waals surface area contributed by atoms with Crippen molar-refractivity contribution in [2.75, 3.05) is 5.75 Å². The van der Waals surface area contributed by atoms with Crippen LogP contribution in [0.3, 0.4) is 0 Å². The van der Waals surface area contributed by atoms with Crippen LogP contribution >= 0.6 is 11.8 Å². The summed E-state index contributed by atoms with van der Waals surface area (Å²) in [6, 6.07) is 5.17. The molecule has 0 radical (unpaired) electrons. The van der Waals surface area contributed by atoms with E-state index in [1.54, 1.807) is 18.2 Å². The van der Waals surface area contributed by atoms with Crippen LogP contribution < -0.4 is 0 Å². The molecule has 0 saturated heterocycles. The minimum atomic E-state index is -1.02. The maximum atomic E-state index is 11.7. The molecule has 0 aromatic carbocycles. The highest BCUT2D eigenvalue weighted by atomic mass is 32.2. The van der Waals surface area contributed by atoms with Gasteiger partial charge < -0.3 is 14.2 Å². The summed E-state index contributed by atoms with van der Waals surface area (Å²) in [6.07, 6.45) is 1.49. The van der Waals surface area contributed by atoms with E-state index in [1.165, 1.54) is 13.2 Å². The fraction of sp³-hybridized carbons (Fsp3) is 0.250. The van der Waals surface area contributed by atoms with Gasteiger partial charge in [-0.1, -0.05) is 11.8 Å². The van der Waals surface area contributed by atoms with Crippen molar-refractivity contribution < 1.29 is 13.6 Å². The minimum absolute atomic E-state index is 0.00572. The van der Waals surface area contributed by atoms with Crippen molar-refractivity contribution in [1.82, 2.24) is 10.2 Å². The standard InChI is InChI=1S/C12H10N4O3S/c1-7(14)8(5-13)9(17)6-20-12-16-15-11(19-12)10-3-2-4-18-10/h2-4,8,14H,6H2,1H3. The maximum absolute atomic E-state index is 11.7. The summed E-state index contributed by atoms with van der Waals surface area (Å²) in [5.74, 6) is -0.711. The topological polar surface area (TPSA) is 117 Å². The zero-order valence-corrected chi connectivity index (χ0v) is 11.3. The van der Waals surface area contributed by atoms with Crippen LogP contribution in [0.1, 0.15) is 6.92 Å². The third kappa shape index (κ3) is 3.13. The highest BCUT2D eigenvalue weighted by molar-refractivity contribution is 7.99. The van der Waals surface area contributed by atoms with Gasteiger partial charge in [-0.15, -0.1) is 10.2 Å². The zero-order valence-electron chi connectivity index (χ0n) is 10.5. The predicted octanol–water partition coefficient (Wildman–Crippen LogP) is 2.17. The molecule has 2 heterocycles. The number of carbonyl (C=O) groups is 1. The third-order valence-electron chi connectivity index (χ3n) is 2.36. The van der Waals surface area contributed by atoms with E-state index in [0.717, 1.165) is 11.8 Å². The highest BCUT2D eigenvalue weighted by Crippen LogP contribution is 2.23. The summed E-state index contributed by atoms with van der Waals surface area (Å²) in [5.41, 5.74) is 0.0277. The van der Waals surface area contributed by atoms with Crippen molar-refractivity contribution >= 4 is 23.3 Å². The number of hydrogen-bond acceptors (Lipinski definition) is 8. The van der Waals surface area contributed by atoms with Crippen LogP contribution in [0.25, 0.3) is 11.7 Å². The van der Waals surface area contributed by atoms with Gasteiger partial charge >= 0.3 is 0 Å². The van der Waals surface area contributed by atoms with Crippen molar-refractivity contribution in [1.29, 1.82) is 10.7 Å². The second-order valence-electron chi connectivity index (χ2n) is 3.85. The summed E-state index contributed by atoms with van der Waals surface area (Å²) >= 11 is 1.03. The SMILES string of the molecule is CC(=N)C(C#N)C(=O)CSc1nnc(-c2ccco2)o1. The lowest BCUT2D eigenvalue weighted by Crippen LogP contribution is -2.21. The van der Waals surface area contributed by atoms with Crippen LogP contribution in [0.4, 0.5) is 0 Å². The lowest BCUT2D eigenvalue weighted by molar-refractivity contribution is -0.117. The van der Waals surface area contributed by atoms with Crippen molar-refractivity contribution in [2.24, 2.45) is 5.92 Å². The molecule has 7 nitrogen and oxygen atoms in total. The van der Waals surface area contributed by atoms with Gasteiger partial charge in [-0.25, -0.2) is 0 Å². The number of nitrogens with zero attached hydrogens (tertiary/aromatic N) is 3. The molecule has 8 heteroatoms. The molecule has 0 saturated carbocycles. The Balaban J connectivity index is 1.97. The molecule has 20 heavy (non-hydrogen) atoms. The van der Waals surface area contributed by atoms with Gasteiger partial charge in [0.05, 0.1) is 18.1 Å². The number of ketones is 1. The van der Waals surface area contributed by atoms with E-state index >= 15 is 0 Å². The predicted molar refractivity (Wildman–Crippen MR) is 70.2 cm³/mol. The van der Waals surface area contributed by atoms with Gasteiger partial charge in [0.2, 0.25) is 0 Å². The molecule has 0 aliphatic rings. The Morgan fingerprint density at radius 1 is 1.60 bits per heavy atom. The van der Waals surface area contributed by atoms with Gasteiger partial charge in [0.25, 0.3) is 11.1 Å². The second-order valence-corrected chi connectivity index (χ2v) is 4.78. The quantitative estimate of drug-likeness (QED) is 0.639. The second kappa shape index (κ2) is 6.16. The van der Waals surface area contributed by atoms with Crippen LogP contribution in [0.5, 0.6) is 0 Å². The van der Waals surface area contributed by atoms with E-state index in [4.69, 9.17) is 19.5 Å². The molecule has 0 bridgehead atoms. The van der Waals surface area contributed by atoms with Crippen molar-refractivity contribution in [3.8, 4) is 17.7 Å². The molecule has 2 rings (SSSR count). The normalized spacial score (nSPS) is 11.8. The monoisotopic (exact) mass is 290 g/mol. The first-order valence-corrected chi connectivity index (χ1v) is 6.58. The zero-order chi connectivity index (χ0) is 14.5. The molecule has 0 aliphatic heterocycles. The Bertz CT molecular complexity index is 657. The van der Waals surface area contributed by atoms with Crippen molar-refractivity contribution in [3.05, 3.63) is 18.4 Å². The number of aromatic nitrogens is 2. The number of nitrogens with one attached hydrogen (secondary N) is 1. The molecule has 1 unspecified atom stereocenters. The molecule has 2 aromatic heterocycles. The average Bonchev–Trinajstić information content (AvgIpc) is 3.07. The number of thioether (sulfide) groups is 1. The van der Waals surface area contributed by atoms with Gasteiger partial charge in [0.15, 0.2) is 11.5 Å². The number of furan rings is 1. The smallest absolute Gasteiger partial charge is 0.284 e. The van der Waals surface area contributed by atoms with E-state index in [0.29, 0.717) is 5.76 Å². The molecule has 102 valence electrons. The van der Waals surface area contributed by atoms with Crippen molar-refractivity contribution in [3.63, 3.8) is 0 Å². The molecule has 0 aliphatic carbocycles. The summed E-state index contributed by atoms with van der Waals surface area (Å²) in [4.78, 5) is 11.7. The van der Waals surface area contributed by atoms with Crippen molar-refractivity contribution in [2.45, 2.75) is 12.1 Å². The van der Waals surface area contributed by atoms with Gasteiger partial charge in [0, 0.05) is 5.71 Å². The largest absolute Gasteiger partial charge is 0.459 e. The molecular weight excluding hydrogens is 280 g/mol. The van der Waals surface area contributed by atoms with Crippen LogP contribution in [0.15, 0.2) is 32.5 Å². The first-order valence-electron chi connectivity index (χ1n) is 5.59. The number of hydrogen-bond donors (Lipinski definition) is 1. The summed E-state index contributed by atoms with van der Waals surface area (Å²) in [5, 5.41) is 23.9. The summed E-state index contributed by atoms with van der Waals surface area (Å²) in [6.45, 7) is 1.43. The number of carbonyl (C=O) groups excluding carboxylic acids is 1. The summed E-state index contributed by atoms with van der Waals surface area (Å²) < 4.78 is 10.4. The number of rotatable bonds is 6. The number of Topliss-reactive ketones (excluding diaryl/α,β-unsaturated/α-hetero) is 1. The maximum Gasteiger partial charge on any atom is 0.284 e. The van der Waals surface area contributed by atoms with E-state index in [9.17, 15) is 4.79 Å². The molecule has 1 atom stereocenters. The Hall–Kier alpha value is -2.40. The van der Waals surface area contributed by atoms with Crippen LogP contribution in [-0.4, -0.2) is 27.4 Å². The average molecular weight is 290 g/mol.